The second kappa shape index (κ2) is 6.91. The Morgan fingerprint density at radius 3 is 2.80 bits per heavy atom. The number of nitrogens with zero attached hydrogens (tertiary/aromatic N) is 1. The number of rotatable bonds is 5. The second-order valence-electron chi connectivity index (χ2n) is 3.87. The molecule has 4 nitrogen and oxygen atoms in total. The molecule has 0 spiro atoms. The minimum Gasteiger partial charge on any atom is -0.497 e. The molecule has 0 saturated carbocycles. The van der Waals surface area contributed by atoms with Crippen LogP contribution < -0.4 is 10.1 Å². The monoisotopic (exact) mass is 292 g/mol. The summed E-state index contributed by atoms with van der Waals surface area (Å²) in [6.45, 7) is 0. The molecule has 0 bridgehead atoms. The van der Waals surface area contributed by atoms with Crippen molar-refractivity contribution in [1.82, 2.24) is 4.98 Å². The van der Waals surface area contributed by atoms with E-state index in [0.717, 1.165) is 4.90 Å². The van der Waals surface area contributed by atoms with Crippen molar-refractivity contribution in [2.24, 2.45) is 0 Å². The van der Waals surface area contributed by atoms with Gasteiger partial charge in [0.2, 0.25) is 5.91 Å². The van der Waals surface area contributed by atoms with Crippen LogP contribution in [0.3, 0.4) is 0 Å². The molecule has 1 heterocycles. The molecule has 20 heavy (non-hydrogen) atoms. The quantitative estimate of drug-likeness (QED) is 0.861. The molecule has 1 aromatic carbocycles. The summed E-state index contributed by atoms with van der Waals surface area (Å²) in [5.74, 6) is -0.0868. The number of carbonyl (C=O) groups is 1. The van der Waals surface area contributed by atoms with Crippen molar-refractivity contribution >= 4 is 23.4 Å². The zero-order valence-electron chi connectivity index (χ0n) is 10.8. The van der Waals surface area contributed by atoms with Crippen molar-refractivity contribution in [1.29, 1.82) is 0 Å². The number of halogens is 1. The highest BCUT2D eigenvalue weighted by Crippen LogP contribution is 2.22. The number of aromatic nitrogens is 1. The fraction of sp³-hybridized carbons (Fsp3) is 0.143. The van der Waals surface area contributed by atoms with E-state index in [4.69, 9.17) is 4.74 Å². The Kier molecular flexibility index (Phi) is 4.95. The molecular formula is C14H13FN2O2S. The average molecular weight is 292 g/mol. The van der Waals surface area contributed by atoms with Crippen LogP contribution in [0.25, 0.3) is 0 Å². The van der Waals surface area contributed by atoms with E-state index in [0.29, 0.717) is 5.75 Å². The van der Waals surface area contributed by atoms with Crippen LogP contribution >= 0.6 is 11.8 Å². The molecule has 0 aliphatic carbocycles. The highest BCUT2D eigenvalue weighted by Gasteiger charge is 2.09. The normalized spacial score (nSPS) is 10.1. The first-order chi connectivity index (χ1) is 9.69. The van der Waals surface area contributed by atoms with E-state index in [2.05, 4.69) is 10.3 Å². The lowest BCUT2D eigenvalue weighted by atomic mass is 10.3. The van der Waals surface area contributed by atoms with Crippen molar-refractivity contribution < 1.29 is 13.9 Å². The topological polar surface area (TPSA) is 51.2 Å². The van der Waals surface area contributed by atoms with E-state index in [9.17, 15) is 9.18 Å². The van der Waals surface area contributed by atoms with Crippen molar-refractivity contribution in [2.45, 2.75) is 4.90 Å². The van der Waals surface area contributed by atoms with E-state index < -0.39 is 5.82 Å². The van der Waals surface area contributed by atoms with E-state index >= 15 is 0 Å². The summed E-state index contributed by atoms with van der Waals surface area (Å²) < 4.78 is 18.5. The maximum atomic E-state index is 13.5. The van der Waals surface area contributed by atoms with Gasteiger partial charge in [-0.2, -0.15) is 0 Å². The third-order valence-electron chi connectivity index (χ3n) is 2.47. The number of pyridine rings is 1. The first-order valence-electron chi connectivity index (χ1n) is 5.85. The van der Waals surface area contributed by atoms with Crippen molar-refractivity contribution in [3.05, 3.63) is 48.5 Å². The zero-order chi connectivity index (χ0) is 14.4. The standard InChI is InChI=1S/C14H13FN2O2S/c1-19-10-2-3-12(15)13(8-10)17-14(18)9-20-11-4-6-16-7-5-11/h2-8H,9H2,1H3,(H,17,18). The van der Waals surface area contributed by atoms with Crippen LogP contribution in [0.1, 0.15) is 0 Å². The number of carbonyl (C=O) groups excluding carboxylic acids is 1. The van der Waals surface area contributed by atoms with Gasteiger partial charge in [-0.1, -0.05) is 0 Å². The van der Waals surface area contributed by atoms with Gasteiger partial charge in [-0.3, -0.25) is 9.78 Å². The summed E-state index contributed by atoms with van der Waals surface area (Å²) in [5, 5.41) is 2.52. The van der Waals surface area contributed by atoms with Crippen molar-refractivity contribution in [3.8, 4) is 5.75 Å². The number of methoxy groups -OCH3 is 1. The van der Waals surface area contributed by atoms with Crippen LogP contribution in [-0.4, -0.2) is 23.8 Å². The van der Waals surface area contributed by atoms with Gasteiger partial charge in [-0.15, -0.1) is 11.8 Å². The number of benzene rings is 1. The Bertz CT molecular complexity index is 593. The smallest absolute Gasteiger partial charge is 0.234 e. The molecule has 0 unspecified atom stereocenters. The second-order valence-corrected chi connectivity index (χ2v) is 4.91. The van der Waals surface area contributed by atoms with E-state index in [1.54, 1.807) is 12.4 Å². The molecule has 1 aromatic heterocycles. The minimum atomic E-state index is -0.493. The van der Waals surface area contributed by atoms with Gasteiger partial charge in [0, 0.05) is 23.4 Å². The molecule has 0 fully saturated rings. The van der Waals surface area contributed by atoms with Gasteiger partial charge in [0.1, 0.15) is 11.6 Å². The molecule has 1 N–H and O–H groups in total. The minimum absolute atomic E-state index is 0.115. The molecule has 2 aromatic rings. The summed E-state index contributed by atoms with van der Waals surface area (Å²) in [5.41, 5.74) is 0.115. The van der Waals surface area contributed by atoms with Gasteiger partial charge in [0.15, 0.2) is 0 Å². The molecule has 6 heteroatoms. The summed E-state index contributed by atoms with van der Waals surface area (Å²) >= 11 is 1.36. The van der Waals surface area contributed by atoms with Crippen molar-refractivity contribution in [3.63, 3.8) is 0 Å². The number of anilines is 1. The molecule has 0 aliphatic heterocycles. The van der Waals surface area contributed by atoms with Crippen LogP contribution in [0.4, 0.5) is 10.1 Å². The first-order valence-corrected chi connectivity index (χ1v) is 6.84. The lowest BCUT2D eigenvalue weighted by Crippen LogP contribution is -2.15. The number of ether oxygens (including phenoxy) is 1. The molecule has 1 amide bonds. The predicted molar refractivity (Wildman–Crippen MR) is 76.5 cm³/mol. The van der Waals surface area contributed by atoms with Gasteiger partial charge in [-0.25, -0.2) is 4.39 Å². The zero-order valence-corrected chi connectivity index (χ0v) is 11.6. The number of hydrogen-bond donors (Lipinski definition) is 1. The lowest BCUT2D eigenvalue weighted by molar-refractivity contribution is -0.113. The number of nitrogens with one attached hydrogen (secondary N) is 1. The predicted octanol–water partition coefficient (Wildman–Crippen LogP) is 2.96. The lowest BCUT2D eigenvalue weighted by Gasteiger charge is -2.08. The first kappa shape index (κ1) is 14.3. The molecule has 0 aliphatic rings. The molecule has 0 saturated heterocycles. The number of amides is 1. The summed E-state index contributed by atoms with van der Waals surface area (Å²) in [6, 6.07) is 7.82. The van der Waals surface area contributed by atoms with Gasteiger partial charge >= 0.3 is 0 Å². The third kappa shape index (κ3) is 3.96. The highest BCUT2D eigenvalue weighted by molar-refractivity contribution is 8.00. The molecular weight excluding hydrogens is 279 g/mol. The highest BCUT2D eigenvalue weighted by atomic mass is 32.2. The number of thioether (sulfide) groups is 1. The third-order valence-corrected chi connectivity index (χ3v) is 3.48. The Morgan fingerprint density at radius 2 is 2.10 bits per heavy atom. The molecule has 104 valence electrons. The molecule has 0 radical (unpaired) electrons. The van der Waals surface area contributed by atoms with E-state index in [1.807, 2.05) is 12.1 Å². The van der Waals surface area contributed by atoms with Crippen LogP contribution in [0.5, 0.6) is 5.75 Å². The Labute approximate surface area is 120 Å². The van der Waals surface area contributed by atoms with Gasteiger partial charge in [0.05, 0.1) is 18.6 Å². The fourth-order valence-corrected chi connectivity index (χ4v) is 2.18. The van der Waals surface area contributed by atoms with Crippen LogP contribution in [0.2, 0.25) is 0 Å². The summed E-state index contributed by atoms with van der Waals surface area (Å²) in [7, 11) is 1.48. The maximum absolute atomic E-state index is 13.5. The van der Waals surface area contributed by atoms with E-state index in [-0.39, 0.29) is 17.3 Å². The van der Waals surface area contributed by atoms with Crippen molar-refractivity contribution in [2.75, 3.05) is 18.2 Å². The van der Waals surface area contributed by atoms with Gasteiger partial charge in [0.25, 0.3) is 0 Å². The van der Waals surface area contributed by atoms with Crippen LogP contribution in [0, 0.1) is 5.82 Å². The van der Waals surface area contributed by atoms with Crippen LogP contribution in [0.15, 0.2) is 47.6 Å². The molecule has 2 rings (SSSR count). The van der Waals surface area contributed by atoms with E-state index in [1.165, 1.54) is 37.1 Å². The van der Waals surface area contributed by atoms with Gasteiger partial charge < -0.3 is 10.1 Å². The maximum Gasteiger partial charge on any atom is 0.234 e. The largest absolute Gasteiger partial charge is 0.497 e. The summed E-state index contributed by atoms with van der Waals surface area (Å²) in [4.78, 5) is 16.6. The van der Waals surface area contributed by atoms with Gasteiger partial charge in [-0.05, 0) is 24.3 Å². The number of hydrogen-bond acceptors (Lipinski definition) is 4. The Hall–Kier alpha value is -2.08. The molecule has 0 atom stereocenters. The average Bonchev–Trinajstić information content (AvgIpc) is 2.48. The fourth-order valence-electron chi connectivity index (χ4n) is 1.50. The van der Waals surface area contributed by atoms with Crippen LogP contribution in [-0.2, 0) is 4.79 Å². The Morgan fingerprint density at radius 1 is 1.35 bits per heavy atom. The summed E-state index contributed by atoms with van der Waals surface area (Å²) in [6.07, 6.45) is 3.31. The Balaban J connectivity index is 1.94. The SMILES string of the molecule is COc1ccc(F)c(NC(=O)CSc2ccncc2)c1.